The fourth-order valence-corrected chi connectivity index (χ4v) is 4.66. The van der Waals surface area contributed by atoms with Crippen LogP contribution in [0.1, 0.15) is 22.3 Å². The normalized spacial score (nSPS) is 14.5. The molecule has 5 nitrogen and oxygen atoms in total. The lowest BCUT2D eigenvalue weighted by atomic mass is 10.0. The van der Waals surface area contributed by atoms with Gasteiger partial charge in [0.25, 0.3) is 10.0 Å². The Morgan fingerprint density at radius 1 is 1.17 bits per heavy atom. The van der Waals surface area contributed by atoms with E-state index >= 15 is 0 Å². The molecule has 0 saturated carbocycles. The second kappa shape index (κ2) is 6.11. The molecule has 0 amide bonds. The van der Waals surface area contributed by atoms with Crippen LogP contribution in [0.3, 0.4) is 0 Å². The molecule has 0 radical (unpaired) electrons. The van der Waals surface area contributed by atoms with Crippen molar-refractivity contribution in [1.29, 1.82) is 0 Å². The van der Waals surface area contributed by atoms with E-state index in [0.29, 0.717) is 16.3 Å². The average Bonchev–Trinajstić information content (AvgIpc) is 2.55. The Morgan fingerprint density at radius 3 is 2.62 bits per heavy atom. The summed E-state index contributed by atoms with van der Waals surface area (Å²) in [6.45, 7) is 1.90. The highest BCUT2D eigenvalue weighted by molar-refractivity contribution is 7.93. The molecule has 0 saturated heterocycles. The Kier molecular flexibility index (Phi) is 4.27. The molecular weight excluding hydrogens is 350 g/mol. The number of halogens is 1. The van der Waals surface area contributed by atoms with Crippen LogP contribution in [0.5, 0.6) is 5.75 Å². The third-order valence-electron chi connectivity index (χ3n) is 3.96. The summed E-state index contributed by atoms with van der Waals surface area (Å²) in [5.41, 5.74) is 1.47. The number of rotatable bonds is 3. The monoisotopic (exact) mass is 365 g/mol. The van der Waals surface area contributed by atoms with E-state index in [0.717, 1.165) is 5.56 Å². The number of aryl methyl sites for hydroxylation is 1. The molecule has 0 bridgehead atoms. The first-order chi connectivity index (χ1) is 11.3. The van der Waals surface area contributed by atoms with Crippen LogP contribution in [0, 0.1) is 6.92 Å². The number of methoxy groups -OCH3 is 1. The Morgan fingerprint density at radius 2 is 1.92 bits per heavy atom. The van der Waals surface area contributed by atoms with Gasteiger partial charge in [-0.25, -0.2) is 8.42 Å². The van der Waals surface area contributed by atoms with Crippen LogP contribution in [0.4, 0.5) is 5.69 Å². The summed E-state index contributed by atoms with van der Waals surface area (Å²) in [7, 11) is -2.44. The van der Waals surface area contributed by atoms with Gasteiger partial charge >= 0.3 is 0 Å². The molecule has 1 heterocycles. The predicted molar refractivity (Wildman–Crippen MR) is 92.7 cm³/mol. The highest BCUT2D eigenvalue weighted by atomic mass is 35.5. The zero-order valence-corrected chi connectivity index (χ0v) is 14.8. The minimum absolute atomic E-state index is 0.0836. The number of benzene rings is 2. The molecule has 0 aromatic heterocycles. The quantitative estimate of drug-likeness (QED) is 0.835. The minimum atomic E-state index is -3.86. The van der Waals surface area contributed by atoms with Crippen molar-refractivity contribution in [3.8, 4) is 5.75 Å². The number of nitrogens with zero attached hydrogens (tertiary/aromatic N) is 1. The second-order valence-corrected chi connectivity index (χ2v) is 7.83. The van der Waals surface area contributed by atoms with Gasteiger partial charge in [0.2, 0.25) is 0 Å². The Hall–Kier alpha value is -2.05. The van der Waals surface area contributed by atoms with Gasteiger partial charge in [-0.05, 0) is 42.8 Å². The molecule has 2 aromatic rings. The lowest BCUT2D eigenvalue weighted by molar-refractivity contribution is 0.0982. The fraction of sp³-hybridized carbons (Fsp3) is 0.235. The number of sulfonamides is 1. The van der Waals surface area contributed by atoms with E-state index in [-0.39, 0.29) is 29.4 Å². The summed E-state index contributed by atoms with van der Waals surface area (Å²) in [5.74, 6) is 0.156. The maximum Gasteiger partial charge on any atom is 0.268 e. The number of fused-ring (bicyclic) bond motifs is 1. The van der Waals surface area contributed by atoms with Gasteiger partial charge in [0.05, 0.1) is 12.8 Å². The van der Waals surface area contributed by atoms with Crippen LogP contribution in [0.2, 0.25) is 5.02 Å². The van der Waals surface area contributed by atoms with Gasteiger partial charge in [-0.1, -0.05) is 17.7 Å². The van der Waals surface area contributed by atoms with Crippen LogP contribution in [-0.2, 0) is 10.0 Å². The van der Waals surface area contributed by atoms with E-state index in [1.165, 1.54) is 17.5 Å². The molecule has 126 valence electrons. The number of hydrogen-bond acceptors (Lipinski definition) is 4. The number of carbonyl (C=O) groups excluding carboxylic acids is 1. The first-order valence-electron chi connectivity index (χ1n) is 7.34. The number of carbonyl (C=O) groups is 1. The summed E-state index contributed by atoms with van der Waals surface area (Å²) < 4.78 is 32.8. The van der Waals surface area contributed by atoms with Crippen LogP contribution >= 0.6 is 11.6 Å². The van der Waals surface area contributed by atoms with E-state index in [9.17, 15) is 13.2 Å². The summed E-state index contributed by atoms with van der Waals surface area (Å²) in [6.07, 6.45) is 0.112. The van der Waals surface area contributed by atoms with E-state index in [2.05, 4.69) is 0 Å². The predicted octanol–water partition coefficient (Wildman–Crippen LogP) is 3.44. The second-order valence-electron chi connectivity index (χ2n) is 5.57. The lowest BCUT2D eigenvalue weighted by Crippen LogP contribution is -2.37. The molecule has 1 aliphatic heterocycles. The maximum absolute atomic E-state index is 13.2. The van der Waals surface area contributed by atoms with Crippen LogP contribution in [0.15, 0.2) is 41.3 Å². The molecule has 24 heavy (non-hydrogen) atoms. The maximum atomic E-state index is 13.2. The molecule has 1 aliphatic rings. The molecule has 2 aromatic carbocycles. The van der Waals surface area contributed by atoms with E-state index in [1.807, 2.05) is 6.92 Å². The molecular formula is C17H16ClNO4S. The van der Waals surface area contributed by atoms with E-state index in [4.69, 9.17) is 16.3 Å². The van der Waals surface area contributed by atoms with Crippen molar-refractivity contribution >= 4 is 33.1 Å². The van der Waals surface area contributed by atoms with Crippen LogP contribution < -0.4 is 9.04 Å². The highest BCUT2D eigenvalue weighted by Gasteiger charge is 2.34. The number of hydrogen-bond donors (Lipinski definition) is 0. The third-order valence-corrected chi connectivity index (χ3v) is 6.03. The molecule has 0 atom stereocenters. The van der Waals surface area contributed by atoms with Gasteiger partial charge < -0.3 is 4.74 Å². The summed E-state index contributed by atoms with van der Waals surface area (Å²) >= 11 is 5.95. The summed E-state index contributed by atoms with van der Waals surface area (Å²) in [4.78, 5) is 12.2. The number of ether oxygens (including phenoxy) is 1. The van der Waals surface area contributed by atoms with Gasteiger partial charge in [0.15, 0.2) is 5.78 Å². The van der Waals surface area contributed by atoms with Crippen LogP contribution in [0.25, 0.3) is 0 Å². The summed E-state index contributed by atoms with van der Waals surface area (Å²) in [5, 5.41) is 0.398. The van der Waals surface area contributed by atoms with E-state index in [1.54, 1.807) is 30.3 Å². The van der Waals surface area contributed by atoms with Crippen molar-refractivity contribution in [3.05, 3.63) is 52.5 Å². The van der Waals surface area contributed by atoms with Gasteiger partial charge in [-0.3, -0.25) is 9.10 Å². The van der Waals surface area contributed by atoms with Crippen LogP contribution in [-0.4, -0.2) is 27.9 Å². The zero-order valence-electron chi connectivity index (χ0n) is 13.2. The minimum Gasteiger partial charge on any atom is -0.495 e. The highest BCUT2D eigenvalue weighted by Crippen LogP contribution is 2.36. The molecule has 0 spiro atoms. The van der Waals surface area contributed by atoms with Gasteiger partial charge in [0.1, 0.15) is 10.6 Å². The average molecular weight is 366 g/mol. The van der Waals surface area contributed by atoms with Crippen molar-refractivity contribution in [2.24, 2.45) is 0 Å². The van der Waals surface area contributed by atoms with Crippen molar-refractivity contribution in [3.63, 3.8) is 0 Å². The molecule has 0 unspecified atom stereocenters. The third kappa shape index (κ3) is 2.76. The van der Waals surface area contributed by atoms with Gasteiger partial charge in [-0.15, -0.1) is 0 Å². The molecule has 0 fully saturated rings. The Labute approximate surface area is 145 Å². The number of Topliss-reactive ketones (excluding diaryl/α,β-unsaturated/α-hetero) is 1. The first-order valence-corrected chi connectivity index (χ1v) is 9.16. The molecule has 3 rings (SSSR count). The topological polar surface area (TPSA) is 63.7 Å². The zero-order chi connectivity index (χ0) is 17.5. The smallest absolute Gasteiger partial charge is 0.268 e. The number of ketones is 1. The molecule has 0 aliphatic carbocycles. The summed E-state index contributed by atoms with van der Waals surface area (Å²) in [6, 6.07) is 9.63. The van der Waals surface area contributed by atoms with E-state index < -0.39 is 10.0 Å². The Balaban J connectivity index is 2.18. The van der Waals surface area contributed by atoms with Crippen molar-refractivity contribution in [1.82, 2.24) is 0 Å². The first kappa shape index (κ1) is 16.8. The van der Waals surface area contributed by atoms with Gasteiger partial charge in [0, 0.05) is 23.6 Å². The van der Waals surface area contributed by atoms with Crippen molar-refractivity contribution in [2.75, 3.05) is 18.0 Å². The van der Waals surface area contributed by atoms with Crippen molar-refractivity contribution in [2.45, 2.75) is 18.2 Å². The largest absolute Gasteiger partial charge is 0.495 e. The standard InChI is InChI=1S/C17H16ClNO4S/c1-11-3-6-16(23-2)17(9-11)24(21,22)19-8-7-15(20)13-10-12(18)4-5-14(13)19/h3-6,9-10H,7-8H2,1-2H3. The fourth-order valence-electron chi connectivity index (χ4n) is 2.76. The lowest BCUT2D eigenvalue weighted by Gasteiger charge is -2.30. The van der Waals surface area contributed by atoms with Crippen molar-refractivity contribution < 1.29 is 17.9 Å². The number of anilines is 1. The molecule has 0 N–H and O–H groups in total. The SMILES string of the molecule is COc1ccc(C)cc1S(=O)(=O)N1CCC(=O)c2cc(Cl)ccc21. The Bertz CT molecular complexity index is 924. The molecule has 7 heteroatoms. The van der Waals surface area contributed by atoms with Gasteiger partial charge in [-0.2, -0.15) is 0 Å².